The number of carbonyl (C=O) groups excluding carboxylic acids is 2. The van der Waals surface area contributed by atoms with Gasteiger partial charge in [-0.2, -0.15) is 0 Å². The Kier molecular flexibility index (Phi) is 24.8. The van der Waals surface area contributed by atoms with E-state index in [-0.39, 0.29) is 17.9 Å². The van der Waals surface area contributed by atoms with E-state index in [1.807, 2.05) is 6.92 Å². The topological polar surface area (TPSA) is 52.6 Å². The van der Waals surface area contributed by atoms with Gasteiger partial charge in [-0.05, 0) is 37.5 Å². The first-order valence-corrected chi connectivity index (χ1v) is 15.6. The van der Waals surface area contributed by atoms with Gasteiger partial charge in [0.1, 0.15) is 0 Å². The van der Waals surface area contributed by atoms with Gasteiger partial charge in [0.25, 0.3) is 0 Å². The molecule has 4 heteroatoms. The number of esters is 2. The van der Waals surface area contributed by atoms with E-state index >= 15 is 0 Å². The first kappa shape index (κ1) is 34.9. The molecular weight excluding hydrogens is 448 g/mol. The summed E-state index contributed by atoms with van der Waals surface area (Å²) < 4.78 is 10.8. The first-order valence-electron chi connectivity index (χ1n) is 15.6. The Bertz CT molecular complexity index is 500. The normalized spacial score (nSPS) is 12.3. The van der Waals surface area contributed by atoms with Gasteiger partial charge >= 0.3 is 11.9 Å². The van der Waals surface area contributed by atoms with Gasteiger partial charge in [0.2, 0.25) is 0 Å². The van der Waals surface area contributed by atoms with Crippen LogP contribution in [0.25, 0.3) is 0 Å². The number of hydrogen-bond donors (Lipinski definition) is 0. The van der Waals surface area contributed by atoms with Gasteiger partial charge in [-0.15, -0.1) is 0 Å². The molecule has 0 aliphatic rings. The molecule has 0 aliphatic carbocycles. The van der Waals surface area contributed by atoms with E-state index in [0.717, 1.165) is 63.2 Å². The highest BCUT2D eigenvalue weighted by atomic mass is 16.5. The number of hydrogen-bond acceptors (Lipinski definition) is 4. The minimum absolute atomic E-state index is 0.00998. The molecule has 0 aliphatic heterocycles. The monoisotopic (exact) mass is 510 g/mol. The van der Waals surface area contributed by atoms with Crippen molar-refractivity contribution in [3.63, 3.8) is 0 Å². The maximum atomic E-state index is 12.1. The average molecular weight is 511 g/mol. The summed E-state index contributed by atoms with van der Waals surface area (Å²) in [6.45, 7) is 12.2. The molecule has 0 bridgehead atoms. The van der Waals surface area contributed by atoms with Crippen molar-refractivity contribution >= 4 is 11.9 Å². The smallest absolute Gasteiger partial charge is 0.308 e. The van der Waals surface area contributed by atoms with Crippen LogP contribution in [-0.4, -0.2) is 25.2 Å². The van der Waals surface area contributed by atoms with Gasteiger partial charge in [-0.1, -0.05) is 131 Å². The molecule has 0 spiro atoms. The highest BCUT2D eigenvalue weighted by Gasteiger charge is 2.13. The van der Waals surface area contributed by atoms with E-state index in [4.69, 9.17) is 9.47 Å². The highest BCUT2D eigenvalue weighted by Crippen LogP contribution is 2.16. The number of ether oxygens (including phenoxy) is 2. The van der Waals surface area contributed by atoms with Crippen LogP contribution in [0.4, 0.5) is 0 Å². The fourth-order valence-corrected chi connectivity index (χ4v) is 4.49. The summed E-state index contributed by atoms with van der Waals surface area (Å²) in [6.07, 6.45) is 22.9. The summed E-state index contributed by atoms with van der Waals surface area (Å²) in [7, 11) is 0. The predicted octanol–water partition coefficient (Wildman–Crippen LogP) is 9.82. The number of rotatable bonds is 26. The summed E-state index contributed by atoms with van der Waals surface area (Å²) in [5.41, 5.74) is 0. The lowest BCUT2D eigenvalue weighted by Crippen LogP contribution is -2.15. The van der Waals surface area contributed by atoms with Crippen molar-refractivity contribution < 1.29 is 19.1 Å². The van der Waals surface area contributed by atoms with Crippen LogP contribution in [0.5, 0.6) is 0 Å². The fourth-order valence-electron chi connectivity index (χ4n) is 4.49. The SMILES string of the molecule is CC(C)CCCCCOC(=O)CCCCCCCCCCCCC(C)C(=O)OCCCCCC(C)C. The van der Waals surface area contributed by atoms with Crippen molar-refractivity contribution in [2.24, 2.45) is 17.8 Å². The molecule has 0 saturated carbocycles. The molecule has 0 aromatic heterocycles. The van der Waals surface area contributed by atoms with E-state index in [1.54, 1.807) is 0 Å². The molecule has 1 atom stereocenters. The van der Waals surface area contributed by atoms with E-state index in [9.17, 15) is 9.59 Å². The Morgan fingerprint density at radius 3 is 1.36 bits per heavy atom. The lowest BCUT2D eigenvalue weighted by atomic mass is 10.0. The highest BCUT2D eigenvalue weighted by molar-refractivity contribution is 5.71. The van der Waals surface area contributed by atoms with Crippen molar-refractivity contribution in [2.45, 2.75) is 163 Å². The molecule has 0 heterocycles. The number of unbranched alkanes of at least 4 members (excludes halogenated alkanes) is 13. The Hall–Kier alpha value is -1.06. The Morgan fingerprint density at radius 1 is 0.472 bits per heavy atom. The van der Waals surface area contributed by atoms with Crippen LogP contribution in [0.1, 0.15) is 163 Å². The van der Waals surface area contributed by atoms with Crippen LogP contribution in [0.2, 0.25) is 0 Å². The first-order chi connectivity index (χ1) is 17.3. The standard InChI is InChI=1S/C32H62O4/c1-28(2)22-16-14-20-26-35-31(33)25-19-13-11-9-7-6-8-10-12-18-24-30(5)32(34)36-27-21-15-17-23-29(3)4/h28-30H,6-27H2,1-5H3. The third kappa shape index (κ3) is 26.0. The zero-order valence-electron chi connectivity index (χ0n) is 24.9. The van der Waals surface area contributed by atoms with Crippen molar-refractivity contribution in [3.8, 4) is 0 Å². The molecule has 0 fully saturated rings. The third-order valence-corrected chi connectivity index (χ3v) is 7.03. The fraction of sp³-hybridized carbons (Fsp3) is 0.938. The number of carbonyl (C=O) groups is 2. The molecule has 1 unspecified atom stereocenters. The molecule has 0 aromatic carbocycles. The van der Waals surface area contributed by atoms with E-state index in [0.29, 0.717) is 19.6 Å². The quantitative estimate of drug-likeness (QED) is 0.0858. The lowest BCUT2D eigenvalue weighted by Gasteiger charge is -2.11. The van der Waals surface area contributed by atoms with Crippen molar-refractivity contribution in [2.75, 3.05) is 13.2 Å². The van der Waals surface area contributed by atoms with Crippen molar-refractivity contribution in [3.05, 3.63) is 0 Å². The van der Waals surface area contributed by atoms with Crippen LogP contribution in [0.15, 0.2) is 0 Å². The van der Waals surface area contributed by atoms with E-state index in [1.165, 1.54) is 70.6 Å². The Morgan fingerprint density at radius 2 is 0.861 bits per heavy atom. The molecule has 0 saturated heterocycles. The van der Waals surface area contributed by atoms with Gasteiger partial charge in [0.15, 0.2) is 0 Å². The summed E-state index contributed by atoms with van der Waals surface area (Å²) in [5, 5.41) is 0. The van der Waals surface area contributed by atoms with Gasteiger partial charge in [-0.3, -0.25) is 9.59 Å². The maximum absolute atomic E-state index is 12.1. The van der Waals surface area contributed by atoms with Crippen LogP contribution >= 0.6 is 0 Å². The van der Waals surface area contributed by atoms with Crippen LogP contribution in [0, 0.1) is 17.8 Å². The van der Waals surface area contributed by atoms with Gasteiger partial charge in [-0.25, -0.2) is 0 Å². The Labute approximate surface area is 225 Å². The van der Waals surface area contributed by atoms with Crippen LogP contribution < -0.4 is 0 Å². The largest absolute Gasteiger partial charge is 0.466 e. The minimum Gasteiger partial charge on any atom is -0.466 e. The minimum atomic E-state index is -0.0152. The van der Waals surface area contributed by atoms with E-state index < -0.39 is 0 Å². The van der Waals surface area contributed by atoms with Gasteiger partial charge < -0.3 is 9.47 Å². The van der Waals surface area contributed by atoms with Crippen molar-refractivity contribution in [1.29, 1.82) is 0 Å². The van der Waals surface area contributed by atoms with Gasteiger partial charge in [0.05, 0.1) is 19.1 Å². The van der Waals surface area contributed by atoms with E-state index in [2.05, 4.69) is 27.7 Å². The second-order valence-corrected chi connectivity index (χ2v) is 11.8. The zero-order chi connectivity index (χ0) is 26.9. The van der Waals surface area contributed by atoms with Gasteiger partial charge in [0, 0.05) is 6.42 Å². The molecule has 214 valence electrons. The lowest BCUT2D eigenvalue weighted by molar-refractivity contribution is -0.148. The zero-order valence-corrected chi connectivity index (χ0v) is 24.9. The summed E-state index contributed by atoms with van der Waals surface area (Å²) in [6, 6.07) is 0. The molecule has 0 amide bonds. The molecule has 0 rings (SSSR count). The van der Waals surface area contributed by atoms with Crippen LogP contribution in [0.3, 0.4) is 0 Å². The molecule has 0 radical (unpaired) electrons. The third-order valence-electron chi connectivity index (χ3n) is 7.03. The predicted molar refractivity (Wildman–Crippen MR) is 153 cm³/mol. The Balaban J connectivity index is 3.35. The molecule has 0 N–H and O–H groups in total. The maximum Gasteiger partial charge on any atom is 0.308 e. The molecule has 36 heavy (non-hydrogen) atoms. The van der Waals surface area contributed by atoms with Crippen molar-refractivity contribution in [1.82, 2.24) is 0 Å². The molecule has 0 aromatic rings. The molecular formula is C32H62O4. The second kappa shape index (κ2) is 25.6. The summed E-state index contributed by atoms with van der Waals surface area (Å²) in [5.74, 6) is 1.54. The molecule has 4 nitrogen and oxygen atoms in total. The summed E-state index contributed by atoms with van der Waals surface area (Å²) in [4.78, 5) is 23.9. The van der Waals surface area contributed by atoms with Crippen LogP contribution in [-0.2, 0) is 19.1 Å². The summed E-state index contributed by atoms with van der Waals surface area (Å²) >= 11 is 0. The average Bonchev–Trinajstić information content (AvgIpc) is 2.83. The second-order valence-electron chi connectivity index (χ2n) is 11.8.